The van der Waals surface area contributed by atoms with Gasteiger partial charge in [-0.05, 0) is 41.8 Å². The number of carbonyl (C=O) groups excluding carboxylic acids is 1. The standard InChI is InChI=1S/C22H20FN3O2.ClH/c23-18-8-6-17(7-9-18)21(27)20-19(24-22(28)25-20)14-26-12-10-16(11-13-26)15-4-2-1-3-5-15;/h1-10H,11-14H2,(H2,24,25,28);1H. The van der Waals surface area contributed by atoms with E-state index in [1.54, 1.807) is 0 Å². The molecule has 150 valence electrons. The summed E-state index contributed by atoms with van der Waals surface area (Å²) in [6, 6.07) is 15.6. The van der Waals surface area contributed by atoms with Crippen LogP contribution in [0.25, 0.3) is 5.57 Å². The first-order valence-corrected chi connectivity index (χ1v) is 9.18. The van der Waals surface area contributed by atoms with E-state index in [0.29, 0.717) is 17.8 Å². The van der Waals surface area contributed by atoms with Gasteiger partial charge in [0.25, 0.3) is 0 Å². The van der Waals surface area contributed by atoms with Gasteiger partial charge in [-0.1, -0.05) is 36.4 Å². The van der Waals surface area contributed by atoms with Crippen LogP contribution in [-0.4, -0.2) is 33.7 Å². The Balaban J connectivity index is 0.00000240. The van der Waals surface area contributed by atoms with Gasteiger partial charge in [0.15, 0.2) is 0 Å². The Hall–Kier alpha value is -2.96. The van der Waals surface area contributed by atoms with E-state index in [0.717, 1.165) is 19.5 Å². The Morgan fingerprint density at radius 1 is 1.03 bits per heavy atom. The number of carbonyl (C=O) groups is 1. The number of aromatic amines is 2. The van der Waals surface area contributed by atoms with Crippen molar-refractivity contribution in [1.82, 2.24) is 14.9 Å². The van der Waals surface area contributed by atoms with Crippen molar-refractivity contribution in [3.63, 3.8) is 0 Å². The summed E-state index contributed by atoms with van der Waals surface area (Å²) in [6.45, 7) is 2.03. The second-order valence-electron chi connectivity index (χ2n) is 6.85. The SMILES string of the molecule is Cl.O=C(c1ccc(F)cc1)c1[nH]c(=O)[nH]c1CN1CC=C(c2ccccc2)CC1. The molecule has 0 fully saturated rings. The molecule has 0 saturated heterocycles. The average Bonchev–Trinajstić information content (AvgIpc) is 3.09. The fourth-order valence-corrected chi connectivity index (χ4v) is 3.47. The molecule has 0 unspecified atom stereocenters. The third kappa shape index (κ3) is 4.72. The van der Waals surface area contributed by atoms with Gasteiger partial charge >= 0.3 is 5.69 Å². The number of hydrogen-bond donors (Lipinski definition) is 2. The van der Waals surface area contributed by atoms with Crippen LogP contribution in [0.3, 0.4) is 0 Å². The summed E-state index contributed by atoms with van der Waals surface area (Å²) in [5, 5.41) is 0. The molecule has 0 radical (unpaired) electrons. The molecular formula is C22H21ClFN3O2. The summed E-state index contributed by atoms with van der Waals surface area (Å²) in [6.07, 6.45) is 3.09. The topological polar surface area (TPSA) is 69.0 Å². The second kappa shape index (κ2) is 9.03. The van der Waals surface area contributed by atoms with Crippen molar-refractivity contribution in [2.75, 3.05) is 13.1 Å². The fraction of sp³-hybridized carbons (Fsp3) is 0.182. The first kappa shape index (κ1) is 20.8. The first-order chi connectivity index (χ1) is 13.6. The quantitative estimate of drug-likeness (QED) is 0.625. The molecule has 0 aliphatic carbocycles. The smallest absolute Gasteiger partial charge is 0.308 e. The van der Waals surface area contributed by atoms with Crippen molar-refractivity contribution < 1.29 is 9.18 Å². The Kier molecular flexibility index (Phi) is 6.46. The van der Waals surface area contributed by atoms with Crippen molar-refractivity contribution in [1.29, 1.82) is 0 Å². The molecule has 2 N–H and O–H groups in total. The summed E-state index contributed by atoms with van der Waals surface area (Å²) in [4.78, 5) is 32.0. The Bertz CT molecular complexity index is 1070. The number of hydrogen-bond acceptors (Lipinski definition) is 3. The van der Waals surface area contributed by atoms with Gasteiger partial charge in [0.05, 0.1) is 5.69 Å². The van der Waals surface area contributed by atoms with E-state index in [1.165, 1.54) is 35.4 Å². The van der Waals surface area contributed by atoms with Crippen LogP contribution in [0.5, 0.6) is 0 Å². The van der Waals surface area contributed by atoms with Crippen LogP contribution >= 0.6 is 12.4 Å². The third-order valence-corrected chi connectivity index (χ3v) is 4.96. The van der Waals surface area contributed by atoms with Crippen molar-refractivity contribution in [2.24, 2.45) is 0 Å². The molecule has 3 aromatic rings. The van der Waals surface area contributed by atoms with Gasteiger partial charge in [0, 0.05) is 25.2 Å². The van der Waals surface area contributed by atoms with Crippen molar-refractivity contribution in [3.05, 3.63) is 99.5 Å². The molecule has 0 bridgehead atoms. The van der Waals surface area contributed by atoms with Gasteiger partial charge in [0.2, 0.25) is 5.78 Å². The van der Waals surface area contributed by atoms with Crippen LogP contribution in [0.15, 0.2) is 65.5 Å². The highest BCUT2D eigenvalue weighted by Crippen LogP contribution is 2.23. The Labute approximate surface area is 173 Å². The lowest BCUT2D eigenvalue weighted by molar-refractivity contribution is 0.103. The molecule has 4 rings (SSSR count). The van der Waals surface area contributed by atoms with Crippen LogP contribution < -0.4 is 5.69 Å². The molecule has 7 heteroatoms. The highest BCUT2D eigenvalue weighted by atomic mass is 35.5. The summed E-state index contributed by atoms with van der Waals surface area (Å²) in [7, 11) is 0. The summed E-state index contributed by atoms with van der Waals surface area (Å²) in [5.41, 5.74) is 3.23. The molecule has 5 nitrogen and oxygen atoms in total. The Morgan fingerprint density at radius 3 is 2.41 bits per heavy atom. The van der Waals surface area contributed by atoms with Crippen LogP contribution in [-0.2, 0) is 6.54 Å². The van der Waals surface area contributed by atoms with Gasteiger partial charge < -0.3 is 9.97 Å². The zero-order valence-electron chi connectivity index (χ0n) is 15.7. The third-order valence-electron chi connectivity index (χ3n) is 4.96. The van der Waals surface area contributed by atoms with E-state index in [9.17, 15) is 14.0 Å². The molecule has 29 heavy (non-hydrogen) atoms. The number of rotatable bonds is 5. The highest BCUT2D eigenvalue weighted by Gasteiger charge is 2.20. The van der Waals surface area contributed by atoms with Gasteiger partial charge in [-0.25, -0.2) is 9.18 Å². The number of benzene rings is 2. The number of halogens is 2. The highest BCUT2D eigenvalue weighted by molar-refractivity contribution is 6.08. The number of H-pyrrole nitrogens is 2. The molecule has 2 heterocycles. The monoisotopic (exact) mass is 413 g/mol. The molecule has 1 aromatic heterocycles. The maximum absolute atomic E-state index is 13.1. The zero-order chi connectivity index (χ0) is 19.5. The molecule has 0 atom stereocenters. The van der Waals surface area contributed by atoms with Gasteiger partial charge in [-0.2, -0.15) is 0 Å². The van der Waals surface area contributed by atoms with E-state index >= 15 is 0 Å². The summed E-state index contributed by atoms with van der Waals surface area (Å²) < 4.78 is 13.1. The molecule has 0 saturated carbocycles. The predicted octanol–water partition coefficient (Wildman–Crippen LogP) is 3.78. The minimum atomic E-state index is -0.419. The summed E-state index contributed by atoms with van der Waals surface area (Å²) >= 11 is 0. The minimum Gasteiger partial charge on any atom is -0.308 e. The molecular weight excluding hydrogens is 393 g/mol. The molecule has 0 spiro atoms. The van der Waals surface area contributed by atoms with Crippen LogP contribution in [0, 0.1) is 5.82 Å². The van der Waals surface area contributed by atoms with E-state index in [1.807, 2.05) is 18.2 Å². The number of nitrogens with one attached hydrogen (secondary N) is 2. The van der Waals surface area contributed by atoms with Crippen LogP contribution in [0.1, 0.15) is 33.7 Å². The van der Waals surface area contributed by atoms with Gasteiger partial charge in [0.1, 0.15) is 11.5 Å². The largest absolute Gasteiger partial charge is 0.323 e. The molecule has 1 aliphatic heterocycles. The first-order valence-electron chi connectivity index (χ1n) is 9.18. The lowest BCUT2D eigenvalue weighted by atomic mass is 9.99. The normalized spacial score (nSPS) is 14.2. The minimum absolute atomic E-state index is 0. The maximum atomic E-state index is 13.1. The lowest BCUT2D eigenvalue weighted by Gasteiger charge is -2.26. The Morgan fingerprint density at radius 2 is 1.76 bits per heavy atom. The van der Waals surface area contributed by atoms with Crippen molar-refractivity contribution in [2.45, 2.75) is 13.0 Å². The molecule has 0 amide bonds. The van der Waals surface area contributed by atoms with Crippen molar-refractivity contribution >= 4 is 23.8 Å². The summed E-state index contributed by atoms with van der Waals surface area (Å²) in [5.74, 6) is -0.737. The van der Waals surface area contributed by atoms with Crippen LogP contribution in [0.4, 0.5) is 4.39 Å². The fourth-order valence-electron chi connectivity index (χ4n) is 3.47. The number of imidazole rings is 1. The van der Waals surface area contributed by atoms with E-state index in [4.69, 9.17) is 0 Å². The maximum Gasteiger partial charge on any atom is 0.323 e. The van der Waals surface area contributed by atoms with E-state index in [2.05, 4.69) is 33.1 Å². The lowest BCUT2D eigenvalue weighted by Crippen LogP contribution is -2.29. The van der Waals surface area contributed by atoms with Crippen molar-refractivity contribution in [3.8, 4) is 0 Å². The second-order valence-corrected chi connectivity index (χ2v) is 6.85. The molecule has 2 aromatic carbocycles. The number of ketones is 1. The predicted molar refractivity (Wildman–Crippen MR) is 113 cm³/mol. The van der Waals surface area contributed by atoms with Gasteiger partial charge in [-0.15, -0.1) is 12.4 Å². The zero-order valence-corrected chi connectivity index (χ0v) is 16.5. The van der Waals surface area contributed by atoms with Crippen LogP contribution in [0.2, 0.25) is 0 Å². The average molecular weight is 414 g/mol. The number of aromatic nitrogens is 2. The molecule has 1 aliphatic rings. The van der Waals surface area contributed by atoms with Gasteiger partial charge in [-0.3, -0.25) is 9.69 Å². The number of nitrogens with zero attached hydrogens (tertiary/aromatic N) is 1. The van der Waals surface area contributed by atoms with E-state index < -0.39 is 11.5 Å². The van der Waals surface area contributed by atoms with E-state index in [-0.39, 0.29) is 23.9 Å².